The molecule has 0 radical (unpaired) electrons. The first-order valence-electron chi connectivity index (χ1n) is 10.2. The Bertz CT molecular complexity index is 860. The number of carbonyl (C=O) groups is 1. The van der Waals surface area contributed by atoms with E-state index in [4.69, 9.17) is 14.0 Å². The van der Waals surface area contributed by atoms with E-state index in [9.17, 15) is 4.79 Å². The third kappa shape index (κ3) is 4.05. The molecule has 0 bridgehead atoms. The van der Waals surface area contributed by atoms with Gasteiger partial charge in [-0.05, 0) is 57.1 Å². The summed E-state index contributed by atoms with van der Waals surface area (Å²) < 4.78 is 17.6. The van der Waals surface area contributed by atoms with Crippen molar-refractivity contribution in [2.75, 3.05) is 0 Å². The molecule has 6 heteroatoms. The molecule has 1 aliphatic heterocycles. The van der Waals surface area contributed by atoms with E-state index in [-0.39, 0.29) is 36.6 Å². The minimum atomic E-state index is -0.388. The van der Waals surface area contributed by atoms with Crippen LogP contribution < -0.4 is 10.8 Å². The van der Waals surface area contributed by atoms with E-state index < -0.39 is 0 Å². The van der Waals surface area contributed by atoms with Crippen LogP contribution >= 0.6 is 0 Å². The number of carbonyl (C=O) groups excluding carboxylic acids is 1. The van der Waals surface area contributed by atoms with E-state index >= 15 is 0 Å². The average Bonchev–Trinajstić information content (AvgIpc) is 3.42. The molecule has 4 rings (SSSR count). The third-order valence-electron chi connectivity index (χ3n) is 6.29. The van der Waals surface area contributed by atoms with Crippen molar-refractivity contribution in [1.29, 1.82) is 0 Å². The summed E-state index contributed by atoms with van der Waals surface area (Å²) in [6, 6.07) is 17.8. The first-order valence-corrected chi connectivity index (χ1v) is 10.2. The summed E-state index contributed by atoms with van der Waals surface area (Å²) in [7, 11) is -0.381. The minimum absolute atomic E-state index is 0.267. The number of alkyl carbamates (subject to hydrolysis) is 1. The quantitative estimate of drug-likeness (QED) is 0.783. The lowest BCUT2D eigenvalue weighted by Gasteiger charge is -2.32. The lowest BCUT2D eigenvalue weighted by molar-refractivity contribution is 0.00578. The molecule has 0 spiro atoms. The SMILES string of the molecule is CC1(C)OB(c2ccc(C3(NC(=O)OCc4ccccc4)CC3)cc2)OC1(C)C. The molecule has 0 atom stereocenters. The molecule has 2 fully saturated rings. The summed E-state index contributed by atoms with van der Waals surface area (Å²) in [4.78, 5) is 12.3. The summed E-state index contributed by atoms with van der Waals surface area (Å²) in [5.41, 5.74) is 1.97. The van der Waals surface area contributed by atoms with Crippen LogP contribution in [0.15, 0.2) is 54.6 Å². The number of benzene rings is 2. The molecule has 1 N–H and O–H groups in total. The molecule has 1 saturated heterocycles. The van der Waals surface area contributed by atoms with Crippen LogP contribution in [0.25, 0.3) is 0 Å². The molecule has 1 amide bonds. The van der Waals surface area contributed by atoms with E-state index in [0.717, 1.165) is 29.4 Å². The Morgan fingerprint density at radius 2 is 1.55 bits per heavy atom. The van der Waals surface area contributed by atoms with Gasteiger partial charge in [0.15, 0.2) is 0 Å². The average molecular weight is 393 g/mol. The zero-order chi connectivity index (χ0) is 20.7. The first-order chi connectivity index (χ1) is 13.7. The van der Waals surface area contributed by atoms with Crippen LogP contribution in [0.1, 0.15) is 51.7 Å². The van der Waals surface area contributed by atoms with Crippen molar-refractivity contribution in [2.24, 2.45) is 0 Å². The highest BCUT2D eigenvalue weighted by Crippen LogP contribution is 2.45. The number of nitrogens with one attached hydrogen (secondary N) is 1. The van der Waals surface area contributed by atoms with Gasteiger partial charge in [0.25, 0.3) is 0 Å². The zero-order valence-corrected chi connectivity index (χ0v) is 17.5. The first kappa shape index (κ1) is 20.0. The highest BCUT2D eigenvalue weighted by molar-refractivity contribution is 6.62. The van der Waals surface area contributed by atoms with Crippen molar-refractivity contribution in [3.63, 3.8) is 0 Å². The van der Waals surface area contributed by atoms with Crippen molar-refractivity contribution in [3.8, 4) is 0 Å². The van der Waals surface area contributed by atoms with E-state index in [0.29, 0.717) is 0 Å². The number of amides is 1. The number of hydrogen-bond donors (Lipinski definition) is 1. The summed E-state index contributed by atoms with van der Waals surface area (Å²) >= 11 is 0. The highest BCUT2D eigenvalue weighted by atomic mass is 16.7. The molecule has 2 aromatic carbocycles. The maximum atomic E-state index is 12.3. The standard InChI is InChI=1S/C23H28BNO4/c1-21(2)22(3,4)29-24(28-21)19-12-10-18(11-13-19)23(14-15-23)25-20(26)27-16-17-8-6-5-7-9-17/h5-13H,14-16H2,1-4H3,(H,25,26). The molecular formula is C23H28BNO4. The molecule has 5 nitrogen and oxygen atoms in total. The van der Waals surface area contributed by atoms with Crippen LogP contribution in [-0.2, 0) is 26.2 Å². The number of rotatable bonds is 5. The fraction of sp³-hybridized carbons (Fsp3) is 0.435. The Balaban J connectivity index is 1.38. The molecule has 1 saturated carbocycles. The van der Waals surface area contributed by atoms with Crippen LogP contribution in [0.5, 0.6) is 0 Å². The highest BCUT2D eigenvalue weighted by Gasteiger charge is 2.52. The predicted molar refractivity (Wildman–Crippen MR) is 113 cm³/mol. The van der Waals surface area contributed by atoms with E-state index in [1.807, 2.05) is 82.3 Å². The van der Waals surface area contributed by atoms with Crippen molar-refractivity contribution < 1.29 is 18.8 Å². The molecule has 29 heavy (non-hydrogen) atoms. The molecule has 0 unspecified atom stereocenters. The fourth-order valence-corrected chi connectivity index (χ4v) is 3.50. The molecular weight excluding hydrogens is 365 g/mol. The van der Waals surface area contributed by atoms with Gasteiger partial charge in [-0.15, -0.1) is 0 Å². The van der Waals surface area contributed by atoms with Gasteiger partial charge in [-0.2, -0.15) is 0 Å². The van der Waals surface area contributed by atoms with Crippen molar-refractivity contribution in [1.82, 2.24) is 5.32 Å². The second kappa shape index (κ2) is 7.19. The van der Waals surface area contributed by atoms with Gasteiger partial charge >= 0.3 is 13.2 Å². The van der Waals surface area contributed by atoms with E-state index in [1.54, 1.807) is 0 Å². The predicted octanol–water partition coefficient (Wildman–Crippen LogP) is 3.90. The van der Waals surface area contributed by atoms with Gasteiger partial charge in [-0.25, -0.2) is 4.79 Å². The largest absolute Gasteiger partial charge is 0.494 e. The van der Waals surface area contributed by atoms with Gasteiger partial charge in [-0.3, -0.25) is 0 Å². The second-order valence-corrected chi connectivity index (χ2v) is 8.98. The Morgan fingerprint density at radius 3 is 2.10 bits per heavy atom. The maximum Gasteiger partial charge on any atom is 0.494 e. The Kier molecular flexibility index (Phi) is 4.95. The van der Waals surface area contributed by atoms with Gasteiger partial charge in [0.1, 0.15) is 6.61 Å². The smallest absolute Gasteiger partial charge is 0.445 e. The van der Waals surface area contributed by atoms with Gasteiger partial charge in [-0.1, -0.05) is 54.6 Å². The van der Waals surface area contributed by atoms with Gasteiger partial charge in [0.2, 0.25) is 0 Å². The molecule has 152 valence electrons. The van der Waals surface area contributed by atoms with Crippen molar-refractivity contribution in [2.45, 2.75) is 63.9 Å². The summed E-state index contributed by atoms with van der Waals surface area (Å²) in [6.07, 6.45) is 1.42. The van der Waals surface area contributed by atoms with Crippen molar-refractivity contribution >= 4 is 18.7 Å². The summed E-state index contributed by atoms with van der Waals surface area (Å²) in [5, 5.41) is 3.05. The molecule has 2 aliphatic rings. The lowest BCUT2D eigenvalue weighted by atomic mass is 9.78. The zero-order valence-electron chi connectivity index (χ0n) is 17.5. The number of hydrogen-bond acceptors (Lipinski definition) is 4. The summed E-state index contributed by atoms with van der Waals surface area (Å²) in [6.45, 7) is 8.46. The Labute approximate surface area is 172 Å². The van der Waals surface area contributed by atoms with Crippen LogP contribution in [0.4, 0.5) is 4.79 Å². The monoisotopic (exact) mass is 393 g/mol. The third-order valence-corrected chi connectivity index (χ3v) is 6.29. The van der Waals surface area contributed by atoms with E-state index in [1.165, 1.54) is 0 Å². The lowest BCUT2D eigenvalue weighted by Crippen LogP contribution is -2.41. The van der Waals surface area contributed by atoms with Crippen molar-refractivity contribution in [3.05, 3.63) is 65.7 Å². The topological polar surface area (TPSA) is 56.8 Å². The van der Waals surface area contributed by atoms with Gasteiger partial charge in [0, 0.05) is 0 Å². The Hall–Kier alpha value is -2.31. The van der Waals surface area contributed by atoms with Crippen LogP contribution in [0.2, 0.25) is 0 Å². The Morgan fingerprint density at radius 1 is 0.966 bits per heavy atom. The molecule has 2 aromatic rings. The number of ether oxygens (including phenoxy) is 1. The molecule has 1 aliphatic carbocycles. The molecule has 0 aromatic heterocycles. The normalized spacial score (nSPS) is 20.9. The second-order valence-electron chi connectivity index (χ2n) is 8.98. The van der Waals surface area contributed by atoms with Gasteiger partial charge < -0.3 is 19.4 Å². The minimum Gasteiger partial charge on any atom is -0.445 e. The van der Waals surface area contributed by atoms with Crippen LogP contribution in [-0.4, -0.2) is 24.4 Å². The fourth-order valence-electron chi connectivity index (χ4n) is 3.50. The van der Waals surface area contributed by atoms with Gasteiger partial charge in [0.05, 0.1) is 16.7 Å². The summed E-state index contributed by atoms with van der Waals surface area (Å²) in [5.74, 6) is 0. The maximum absolute atomic E-state index is 12.3. The van der Waals surface area contributed by atoms with Crippen LogP contribution in [0, 0.1) is 0 Å². The van der Waals surface area contributed by atoms with E-state index in [2.05, 4.69) is 5.32 Å². The molecule has 1 heterocycles. The van der Waals surface area contributed by atoms with Crippen LogP contribution in [0.3, 0.4) is 0 Å².